The Morgan fingerprint density at radius 1 is 1.13 bits per heavy atom. The molecule has 166 valence electrons. The van der Waals surface area contributed by atoms with E-state index in [2.05, 4.69) is 15.2 Å². The molecule has 0 radical (unpaired) electrons. The molecular formula is C20H22Cl2N4O4S. The number of morpholine rings is 1. The number of rotatable bonds is 5. The average molecular weight is 485 g/mol. The zero-order chi connectivity index (χ0) is 22.0. The van der Waals surface area contributed by atoms with Crippen LogP contribution in [-0.4, -0.2) is 62.8 Å². The third-order valence-corrected chi connectivity index (χ3v) is 7.53. The Morgan fingerprint density at radius 3 is 2.61 bits per heavy atom. The molecule has 0 unspecified atom stereocenters. The van der Waals surface area contributed by atoms with Crippen molar-refractivity contribution in [2.24, 2.45) is 0 Å². The second-order valence-corrected chi connectivity index (χ2v) is 10.3. The smallest absolute Gasteiger partial charge is 0.257 e. The maximum absolute atomic E-state index is 12.9. The first-order chi connectivity index (χ1) is 14.8. The van der Waals surface area contributed by atoms with Gasteiger partial charge in [-0.1, -0.05) is 23.2 Å². The van der Waals surface area contributed by atoms with E-state index >= 15 is 0 Å². The van der Waals surface area contributed by atoms with Crippen LogP contribution in [0.1, 0.15) is 22.3 Å². The van der Waals surface area contributed by atoms with Gasteiger partial charge >= 0.3 is 0 Å². The molecular weight excluding hydrogens is 463 g/mol. The van der Waals surface area contributed by atoms with Crippen LogP contribution in [0.5, 0.6) is 0 Å². The number of anilines is 2. The molecule has 0 saturated carbocycles. The van der Waals surface area contributed by atoms with Crippen molar-refractivity contribution in [1.29, 1.82) is 0 Å². The fraction of sp³-hybridized carbons (Fsp3) is 0.400. The molecule has 2 saturated heterocycles. The lowest BCUT2D eigenvalue weighted by Gasteiger charge is -2.26. The van der Waals surface area contributed by atoms with E-state index in [-0.39, 0.29) is 22.2 Å². The molecule has 3 heterocycles. The number of hydrogen-bond acceptors (Lipinski definition) is 6. The molecule has 0 spiro atoms. The molecule has 8 nitrogen and oxygen atoms in total. The molecule has 31 heavy (non-hydrogen) atoms. The average Bonchev–Trinajstić information content (AvgIpc) is 3.07. The van der Waals surface area contributed by atoms with E-state index in [1.165, 1.54) is 16.6 Å². The summed E-state index contributed by atoms with van der Waals surface area (Å²) < 4.78 is 30.9. The quantitative estimate of drug-likeness (QED) is 0.700. The normalized spacial score (nSPS) is 18.8. The molecule has 1 aromatic carbocycles. The number of sulfonamides is 1. The van der Waals surface area contributed by atoms with Gasteiger partial charge in [-0.15, -0.1) is 0 Å². The molecule has 2 fully saturated rings. The highest BCUT2D eigenvalue weighted by Gasteiger charge is 2.30. The van der Waals surface area contributed by atoms with Crippen molar-refractivity contribution in [3.05, 3.63) is 51.6 Å². The summed E-state index contributed by atoms with van der Waals surface area (Å²) in [6.45, 7) is 4.09. The van der Waals surface area contributed by atoms with Crippen molar-refractivity contribution in [2.45, 2.75) is 13.0 Å². The lowest BCUT2D eigenvalue weighted by molar-refractivity contribution is 0.0342. The van der Waals surface area contributed by atoms with Crippen LogP contribution in [0.3, 0.4) is 0 Å². The topological polar surface area (TPSA) is 91.8 Å². The highest BCUT2D eigenvalue weighted by molar-refractivity contribution is 7.93. The minimum Gasteiger partial charge on any atom is -0.379 e. The van der Waals surface area contributed by atoms with Crippen LogP contribution in [0.2, 0.25) is 10.0 Å². The van der Waals surface area contributed by atoms with Crippen molar-refractivity contribution in [3.8, 4) is 0 Å². The maximum atomic E-state index is 12.9. The van der Waals surface area contributed by atoms with E-state index in [4.69, 9.17) is 27.9 Å². The van der Waals surface area contributed by atoms with Gasteiger partial charge in [0.1, 0.15) is 5.82 Å². The Bertz CT molecular complexity index is 1090. The number of nitrogens with one attached hydrogen (secondary N) is 1. The predicted octanol–water partition coefficient (Wildman–Crippen LogP) is 3.01. The summed E-state index contributed by atoms with van der Waals surface area (Å²) >= 11 is 12.5. The summed E-state index contributed by atoms with van der Waals surface area (Å²) in [4.78, 5) is 19.3. The first kappa shape index (κ1) is 22.3. The third kappa shape index (κ3) is 5.30. The maximum Gasteiger partial charge on any atom is 0.257 e. The highest BCUT2D eigenvalue weighted by atomic mass is 35.5. The molecule has 0 bridgehead atoms. The Balaban J connectivity index is 1.53. The van der Waals surface area contributed by atoms with Crippen molar-refractivity contribution in [1.82, 2.24) is 9.88 Å². The van der Waals surface area contributed by atoms with Crippen LogP contribution in [0.15, 0.2) is 30.5 Å². The Hall–Kier alpha value is -1.91. The summed E-state index contributed by atoms with van der Waals surface area (Å²) in [5.74, 6) is -0.219. The van der Waals surface area contributed by atoms with Gasteiger partial charge in [-0.05, 0) is 36.2 Å². The molecule has 1 N–H and O–H groups in total. The summed E-state index contributed by atoms with van der Waals surface area (Å²) in [5.41, 5.74) is 1.64. The second kappa shape index (κ2) is 9.30. The minimum absolute atomic E-state index is 0.0628. The summed E-state index contributed by atoms with van der Waals surface area (Å²) in [6.07, 6.45) is 1.81. The largest absolute Gasteiger partial charge is 0.379 e. The number of carbonyl (C=O) groups excluding carboxylic acids is 1. The van der Waals surface area contributed by atoms with E-state index in [0.29, 0.717) is 43.4 Å². The number of hydrogen-bond donors (Lipinski definition) is 1. The monoisotopic (exact) mass is 484 g/mol. The minimum atomic E-state index is -3.41. The highest BCUT2D eigenvalue weighted by Crippen LogP contribution is 2.27. The van der Waals surface area contributed by atoms with Gasteiger partial charge in [0.15, 0.2) is 0 Å². The lowest BCUT2D eigenvalue weighted by atomic mass is 10.1. The number of aromatic nitrogens is 1. The molecule has 2 aliphatic rings. The second-order valence-electron chi connectivity index (χ2n) is 7.45. The first-order valence-corrected chi connectivity index (χ1v) is 12.3. The number of benzene rings is 1. The number of carbonyl (C=O) groups is 1. The van der Waals surface area contributed by atoms with Crippen LogP contribution in [0.25, 0.3) is 0 Å². The van der Waals surface area contributed by atoms with Crippen molar-refractivity contribution in [2.75, 3.05) is 48.2 Å². The summed E-state index contributed by atoms with van der Waals surface area (Å²) in [5, 5.41) is 3.45. The third-order valence-electron chi connectivity index (χ3n) is 5.17. The van der Waals surface area contributed by atoms with Gasteiger partial charge < -0.3 is 10.1 Å². The number of amides is 1. The van der Waals surface area contributed by atoms with Gasteiger partial charge in [0.25, 0.3) is 5.91 Å². The van der Waals surface area contributed by atoms with Gasteiger partial charge in [0.05, 0.1) is 29.6 Å². The van der Waals surface area contributed by atoms with Crippen LogP contribution in [-0.2, 0) is 21.3 Å². The summed E-state index contributed by atoms with van der Waals surface area (Å²) in [6, 6.07) is 6.78. The van der Waals surface area contributed by atoms with Crippen LogP contribution >= 0.6 is 23.2 Å². The SMILES string of the molecule is O=C(Nc1cc(Cl)cc(CN2CCOCC2)c1)c1cc(N2CCCS2(=O)=O)ncc1Cl. The predicted molar refractivity (Wildman–Crippen MR) is 120 cm³/mol. The molecule has 4 rings (SSSR count). The van der Waals surface area contributed by atoms with Gasteiger partial charge in [-0.25, -0.2) is 13.4 Å². The number of nitrogens with zero attached hydrogens (tertiary/aromatic N) is 3. The molecule has 2 aromatic rings. The van der Waals surface area contributed by atoms with E-state index < -0.39 is 15.9 Å². The van der Waals surface area contributed by atoms with Gasteiger partial charge in [0, 0.05) is 43.1 Å². The standard InChI is InChI=1S/C20H22Cl2N4O4S/c21-15-8-14(13-25-3-5-30-6-4-25)9-16(10-15)24-20(27)17-11-19(23-12-18(17)22)26-2-1-7-31(26,28)29/h8-12H,1-7,13H2,(H,24,27). The zero-order valence-electron chi connectivity index (χ0n) is 16.7. The molecule has 11 heteroatoms. The zero-order valence-corrected chi connectivity index (χ0v) is 19.0. The Morgan fingerprint density at radius 2 is 1.90 bits per heavy atom. The van der Waals surface area contributed by atoms with Gasteiger partial charge in [-0.3, -0.25) is 14.0 Å². The molecule has 1 aromatic heterocycles. The fourth-order valence-corrected chi connectivity index (χ4v) is 5.62. The molecule has 1 amide bonds. The van der Waals surface area contributed by atoms with Crippen molar-refractivity contribution < 1.29 is 17.9 Å². The molecule has 0 aliphatic carbocycles. The lowest BCUT2D eigenvalue weighted by Crippen LogP contribution is -2.35. The van der Waals surface area contributed by atoms with E-state index in [1.54, 1.807) is 6.07 Å². The summed E-state index contributed by atoms with van der Waals surface area (Å²) in [7, 11) is -3.41. The van der Waals surface area contributed by atoms with Crippen molar-refractivity contribution >= 4 is 50.6 Å². The van der Waals surface area contributed by atoms with E-state index in [0.717, 1.165) is 18.7 Å². The number of pyridine rings is 1. The fourth-order valence-electron chi connectivity index (χ4n) is 3.66. The first-order valence-electron chi connectivity index (χ1n) is 9.89. The van der Waals surface area contributed by atoms with Crippen LogP contribution in [0, 0.1) is 0 Å². The van der Waals surface area contributed by atoms with Crippen LogP contribution < -0.4 is 9.62 Å². The van der Waals surface area contributed by atoms with E-state index in [1.807, 2.05) is 12.1 Å². The number of ether oxygens (including phenoxy) is 1. The van der Waals surface area contributed by atoms with Crippen molar-refractivity contribution in [3.63, 3.8) is 0 Å². The Kier molecular flexibility index (Phi) is 6.68. The van der Waals surface area contributed by atoms with Gasteiger partial charge in [0.2, 0.25) is 10.0 Å². The number of halogens is 2. The van der Waals surface area contributed by atoms with Crippen LogP contribution in [0.4, 0.5) is 11.5 Å². The molecule has 2 aliphatic heterocycles. The Labute approximate surface area is 191 Å². The van der Waals surface area contributed by atoms with Gasteiger partial charge in [-0.2, -0.15) is 0 Å². The van der Waals surface area contributed by atoms with E-state index in [9.17, 15) is 13.2 Å². The molecule has 0 atom stereocenters.